The van der Waals surface area contributed by atoms with E-state index in [2.05, 4.69) is 26.6 Å². The molecule has 0 aliphatic carbocycles. The lowest BCUT2D eigenvalue weighted by atomic mass is 10.1. The van der Waals surface area contributed by atoms with Crippen molar-refractivity contribution in [2.24, 2.45) is 0 Å². The molecule has 0 aromatic heterocycles. The maximum Gasteiger partial charge on any atom is 0.261 e. The predicted octanol–water partition coefficient (Wildman–Crippen LogP) is 4.51. The molecule has 0 aliphatic rings. The molecule has 0 heterocycles. The summed E-state index contributed by atoms with van der Waals surface area (Å²) in [5.41, 5.74) is 4.30. The molecule has 1 amide bonds. The predicted molar refractivity (Wildman–Crippen MR) is 105 cm³/mol. The number of anilines is 1. The highest BCUT2D eigenvalue weighted by atomic mass is 79.9. The van der Waals surface area contributed by atoms with E-state index in [4.69, 9.17) is 17.0 Å². The third-order valence-electron chi connectivity index (χ3n) is 3.62. The standard InChI is InChI=1S/C18H19BrN2O2S/c1-10-6-5-7-14(16(10)23-4)17(22)21-18(24)20-15-11(2)8-13(19)9-12(15)3/h5-9H,1-4H3,(H2,20,21,22,24). The van der Waals surface area contributed by atoms with Crippen LogP contribution in [0.2, 0.25) is 0 Å². The fraction of sp³-hybridized carbons (Fsp3) is 0.222. The van der Waals surface area contributed by atoms with Gasteiger partial charge in [-0.25, -0.2) is 0 Å². The van der Waals surface area contributed by atoms with Crippen LogP contribution in [0, 0.1) is 20.8 Å². The van der Waals surface area contributed by atoms with Crippen molar-refractivity contribution in [2.45, 2.75) is 20.8 Å². The molecule has 0 saturated heterocycles. The molecule has 126 valence electrons. The van der Waals surface area contributed by atoms with Crippen LogP contribution in [-0.4, -0.2) is 18.1 Å². The molecule has 2 rings (SSSR count). The maximum absolute atomic E-state index is 12.5. The van der Waals surface area contributed by atoms with E-state index < -0.39 is 0 Å². The zero-order chi connectivity index (χ0) is 17.9. The normalized spacial score (nSPS) is 10.2. The Kier molecular flexibility index (Phi) is 5.96. The molecule has 0 spiro atoms. The highest BCUT2D eigenvalue weighted by molar-refractivity contribution is 9.10. The van der Waals surface area contributed by atoms with Crippen molar-refractivity contribution >= 4 is 44.9 Å². The Bertz CT molecular complexity index is 783. The summed E-state index contributed by atoms with van der Waals surface area (Å²) in [6, 6.07) is 9.39. The van der Waals surface area contributed by atoms with E-state index in [1.807, 2.05) is 45.0 Å². The van der Waals surface area contributed by atoms with E-state index in [1.165, 1.54) is 0 Å². The highest BCUT2D eigenvalue weighted by Gasteiger charge is 2.15. The molecule has 0 bridgehead atoms. The van der Waals surface area contributed by atoms with E-state index in [0.717, 1.165) is 26.9 Å². The second-order valence-electron chi connectivity index (χ2n) is 5.48. The number of nitrogens with one attached hydrogen (secondary N) is 2. The summed E-state index contributed by atoms with van der Waals surface area (Å²) in [6.45, 7) is 5.85. The lowest BCUT2D eigenvalue weighted by Crippen LogP contribution is -2.34. The van der Waals surface area contributed by atoms with Gasteiger partial charge in [0, 0.05) is 10.2 Å². The Balaban J connectivity index is 2.16. The van der Waals surface area contributed by atoms with Gasteiger partial charge < -0.3 is 10.1 Å². The van der Waals surface area contributed by atoms with Gasteiger partial charge in [-0.2, -0.15) is 0 Å². The van der Waals surface area contributed by atoms with Crippen LogP contribution < -0.4 is 15.4 Å². The minimum atomic E-state index is -0.305. The van der Waals surface area contributed by atoms with Gasteiger partial charge in [0.25, 0.3) is 5.91 Å². The van der Waals surface area contributed by atoms with Gasteiger partial charge in [-0.3, -0.25) is 10.1 Å². The molecule has 0 fully saturated rings. The number of carbonyl (C=O) groups is 1. The van der Waals surface area contributed by atoms with Gasteiger partial charge in [-0.05, 0) is 67.9 Å². The van der Waals surface area contributed by atoms with Crippen LogP contribution >= 0.6 is 28.1 Å². The third-order valence-corrected chi connectivity index (χ3v) is 4.29. The SMILES string of the molecule is COc1c(C)cccc1C(=O)NC(=S)Nc1c(C)cc(Br)cc1C. The van der Waals surface area contributed by atoms with E-state index in [1.54, 1.807) is 13.2 Å². The first-order valence-corrected chi connectivity index (χ1v) is 8.56. The van der Waals surface area contributed by atoms with Crippen LogP contribution in [0.1, 0.15) is 27.0 Å². The van der Waals surface area contributed by atoms with Crippen molar-refractivity contribution < 1.29 is 9.53 Å². The van der Waals surface area contributed by atoms with Crippen molar-refractivity contribution in [3.05, 3.63) is 57.1 Å². The molecule has 0 atom stereocenters. The van der Waals surface area contributed by atoms with Crippen LogP contribution in [0.3, 0.4) is 0 Å². The topological polar surface area (TPSA) is 50.4 Å². The Morgan fingerprint density at radius 2 is 1.75 bits per heavy atom. The molecule has 4 nitrogen and oxygen atoms in total. The number of carbonyl (C=O) groups excluding carboxylic acids is 1. The molecule has 0 saturated carbocycles. The van der Waals surface area contributed by atoms with E-state index in [-0.39, 0.29) is 11.0 Å². The van der Waals surface area contributed by atoms with Gasteiger partial charge in [-0.1, -0.05) is 28.1 Å². The van der Waals surface area contributed by atoms with Crippen molar-refractivity contribution in [1.29, 1.82) is 0 Å². The van der Waals surface area contributed by atoms with Crippen LogP contribution in [0.4, 0.5) is 5.69 Å². The van der Waals surface area contributed by atoms with E-state index in [9.17, 15) is 4.79 Å². The minimum Gasteiger partial charge on any atom is -0.496 e. The summed E-state index contributed by atoms with van der Waals surface area (Å²) in [5, 5.41) is 6.05. The summed E-state index contributed by atoms with van der Waals surface area (Å²) in [5.74, 6) is 0.245. The quantitative estimate of drug-likeness (QED) is 0.736. The highest BCUT2D eigenvalue weighted by Crippen LogP contribution is 2.25. The monoisotopic (exact) mass is 406 g/mol. The van der Waals surface area contributed by atoms with Crippen molar-refractivity contribution in [3.8, 4) is 5.75 Å². The molecule has 24 heavy (non-hydrogen) atoms. The number of para-hydroxylation sites is 1. The van der Waals surface area contributed by atoms with Gasteiger partial charge >= 0.3 is 0 Å². The number of hydrogen-bond donors (Lipinski definition) is 2. The minimum absolute atomic E-state index is 0.247. The Morgan fingerprint density at radius 3 is 2.33 bits per heavy atom. The second kappa shape index (κ2) is 7.77. The molecule has 0 aliphatic heterocycles. The number of thiocarbonyl (C=S) groups is 1. The summed E-state index contributed by atoms with van der Waals surface area (Å²) in [7, 11) is 1.55. The number of benzene rings is 2. The molecule has 2 aromatic carbocycles. The number of ether oxygens (including phenoxy) is 1. The van der Waals surface area contributed by atoms with Gasteiger partial charge in [0.15, 0.2) is 5.11 Å². The van der Waals surface area contributed by atoms with Gasteiger partial charge in [0.05, 0.1) is 12.7 Å². The first-order valence-electron chi connectivity index (χ1n) is 7.36. The molecule has 0 unspecified atom stereocenters. The third kappa shape index (κ3) is 4.13. The summed E-state index contributed by atoms with van der Waals surface area (Å²) < 4.78 is 6.32. The number of rotatable bonds is 3. The largest absolute Gasteiger partial charge is 0.496 e. The first kappa shape index (κ1) is 18.4. The summed E-state index contributed by atoms with van der Waals surface area (Å²) >= 11 is 8.74. The lowest BCUT2D eigenvalue weighted by molar-refractivity contribution is 0.0974. The summed E-state index contributed by atoms with van der Waals surface area (Å²) in [6.07, 6.45) is 0. The number of amides is 1. The van der Waals surface area contributed by atoms with Crippen LogP contribution in [0.25, 0.3) is 0 Å². The van der Waals surface area contributed by atoms with Crippen LogP contribution in [-0.2, 0) is 0 Å². The summed E-state index contributed by atoms with van der Waals surface area (Å²) in [4.78, 5) is 12.5. The van der Waals surface area contributed by atoms with Crippen LogP contribution in [0.5, 0.6) is 5.75 Å². The molecule has 2 aromatic rings. The molecular weight excluding hydrogens is 388 g/mol. The maximum atomic E-state index is 12.5. The number of aryl methyl sites for hydroxylation is 3. The average molecular weight is 407 g/mol. The number of hydrogen-bond acceptors (Lipinski definition) is 3. The lowest BCUT2D eigenvalue weighted by Gasteiger charge is -2.16. The molecule has 0 radical (unpaired) electrons. The van der Waals surface area contributed by atoms with Crippen molar-refractivity contribution in [2.75, 3.05) is 12.4 Å². The van der Waals surface area contributed by atoms with Gasteiger partial charge in [0.1, 0.15) is 5.75 Å². The molecular formula is C18H19BrN2O2S. The fourth-order valence-corrected chi connectivity index (χ4v) is 3.41. The van der Waals surface area contributed by atoms with Crippen molar-refractivity contribution in [1.82, 2.24) is 5.32 Å². The Morgan fingerprint density at radius 1 is 1.12 bits per heavy atom. The van der Waals surface area contributed by atoms with Gasteiger partial charge in [-0.15, -0.1) is 0 Å². The molecule has 2 N–H and O–H groups in total. The molecule has 6 heteroatoms. The van der Waals surface area contributed by atoms with Gasteiger partial charge in [0.2, 0.25) is 0 Å². The Labute approximate surface area is 155 Å². The van der Waals surface area contributed by atoms with E-state index in [0.29, 0.717) is 11.3 Å². The smallest absolute Gasteiger partial charge is 0.261 e. The zero-order valence-electron chi connectivity index (χ0n) is 14.0. The Hall–Kier alpha value is -1.92. The fourth-order valence-electron chi connectivity index (χ4n) is 2.53. The average Bonchev–Trinajstić information content (AvgIpc) is 2.50. The zero-order valence-corrected chi connectivity index (χ0v) is 16.4. The van der Waals surface area contributed by atoms with Crippen LogP contribution in [0.15, 0.2) is 34.8 Å². The number of halogens is 1. The van der Waals surface area contributed by atoms with E-state index >= 15 is 0 Å². The van der Waals surface area contributed by atoms with Crippen molar-refractivity contribution in [3.63, 3.8) is 0 Å². The first-order chi connectivity index (χ1) is 11.3. The number of methoxy groups -OCH3 is 1. The second-order valence-corrected chi connectivity index (χ2v) is 6.80.